The van der Waals surface area contributed by atoms with Gasteiger partial charge in [0.2, 0.25) is 0 Å². The van der Waals surface area contributed by atoms with Crippen molar-refractivity contribution in [1.29, 1.82) is 0 Å². The Morgan fingerprint density at radius 3 is 2.75 bits per heavy atom. The Hall–Kier alpha value is -2.62. The SMILES string of the molecule is CN=C(NCCc1nnc2ccccn12)NCc1oc2ccccc2c1C.I. The Morgan fingerprint density at radius 1 is 1.11 bits per heavy atom. The number of rotatable bonds is 5. The quantitative estimate of drug-likeness (QED) is 0.255. The first kappa shape index (κ1) is 20.1. The molecule has 0 atom stereocenters. The third kappa shape index (κ3) is 4.11. The van der Waals surface area contributed by atoms with Crippen molar-refractivity contribution in [1.82, 2.24) is 25.2 Å². The molecule has 0 aliphatic carbocycles. The van der Waals surface area contributed by atoms with Crippen molar-refractivity contribution in [3.05, 3.63) is 65.8 Å². The van der Waals surface area contributed by atoms with Crippen LogP contribution in [0.1, 0.15) is 17.1 Å². The minimum absolute atomic E-state index is 0. The summed E-state index contributed by atoms with van der Waals surface area (Å²) in [6, 6.07) is 13.9. The summed E-state index contributed by atoms with van der Waals surface area (Å²) in [5.74, 6) is 2.56. The van der Waals surface area contributed by atoms with Crippen molar-refractivity contribution >= 4 is 46.6 Å². The van der Waals surface area contributed by atoms with Crippen LogP contribution in [-0.4, -0.2) is 34.2 Å². The lowest BCUT2D eigenvalue weighted by atomic mass is 10.1. The first-order chi connectivity index (χ1) is 13.3. The molecule has 7 nitrogen and oxygen atoms in total. The molecule has 2 N–H and O–H groups in total. The molecular formula is C20H23IN6O. The number of furan rings is 1. The van der Waals surface area contributed by atoms with Gasteiger partial charge in [-0.25, -0.2) is 0 Å². The molecule has 4 rings (SSSR count). The fraction of sp³-hybridized carbons (Fsp3) is 0.250. The number of para-hydroxylation sites is 1. The summed E-state index contributed by atoms with van der Waals surface area (Å²) in [6.45, 7) is 3.36. The van der Waals surface area contributed by atoms with Crippen LogP contribution in [0.4, 0.5) is 0 Å². The zero-order valence-corrected chi connectivity index (χ0v) is 18.2. The summed E-state index contributed by atoms with van der Waals surface area (Å²) >= 11 is 0. The average molecular weight is 490 g/mol. The van der Waals surface area contributed by atoms with E-state index in [4.69, 9.17) is 4.42 Å². The summed E-state index contributed by atoms with van der Waals surface area (Å²) in [6.07, 6.45) is 2.72. The second-order valence-electron chi connectivity index (χ2n) is 6.29. The monoisotopic (exact) mass is 490 g/mol. The maximum atomic E-state index is 5.94. The molecule has 3 aromatic heterocycles. The van der Waals surface area contributed by atoms with Gasteiger partial charge in [-0.05, 0) is 25.1 Å². The number of guanidine groups is 1. The zero-order valence-electron chi connectivity index (χ0n) is 15.8. The van der Waals surface area contributed by atoms with Gasteiger partial charge in [-0.3, -0.25) is 9.39 Å². The lowest BCUT2D eigenvalue weighted by Crippen LogP contribution is -2.38. The summed E-state index contributed by atoms with van der Waals surface area (Å²) < 4.78 is 7.93. The third-order valence-electron chi connectivity index (χ3n) is 4.61. The van der Waals surface area contributed by atoms with Crippen LogP contribution in [0.3, 0.4) is 0 Å². The molecule has 1 aromatic carbocycles. The number of aliphatic imine (C=N–C) groups is 1. The van der Waals surface area contributed by atoms with E-state index < -0.39 is 0 Å². The van der Waals surface area contributed by atoms with E-state index in [2.05, 4.69) is 38.8 Å². The number of fused-ring (bicyclic) bond motifs is 2. The van der Waals surface area contributed by atoms with Gasteiger partial charge in [0.05, 0.1) is 6.54 Å². The van der Waals surface area contributed by atoms with E-state index in [1.807, 2.05) is 47.0 Å². The zero-order chi connectivity index (χ0) is 18.6. The van der Waals surface area contributed by atoms with Crippen LogP contribution in [0.25, 0.3) is 16.6 Å². The van der Waals surface area contributed by atoms with Gasteiger partial charge in [-0.2, -0.15) is 0 Å². The van der Waals surface area contributed by atoms with Crippen molar-refractivity contribution in [2.45, 2.75) is 19.9 Å². The van der Waals surface area contributed by atoms with Crippen LogP contribution in [0.2, 0.25) is 0 Å². The van der Waals surface area contributed by atoms with Crippen LogP contribution in [0, 0.1) is 6.92 Å². The lowest BCUT2D eigenvalue weighted by Gasteiger charge is -2.10. The molecule has 0 unspecified atom stereocenters. The van der Waals surface area contributed by atoms with Crippen molar-refractivity contribution in [3.8, 4) is 0 Å². The van der Waals surface area contributed by atoms with Gasteiger partial charge in [-0.1, -0.05) is 24.3 Å². The van der Waals surface area contributed by atoms with Gasteiger partial charge >= 0.3 is 0 Å². The molecule has 146 valence electrons. The minimum Gasteiger partial charge on any atom is -0.459 e. The van der Waals surface area contributed by atoms with Gasteiger partial charge in [0.1, 0.15) is 17.2 Å². The average Bonchev–Trinajstić information content (AvgIpc) is 3.26. The minimum atomic E-state index is 0. The molecule has 0 bridgehead atoms. The summed E-state index contributed by atoms with van der Waals surface area (Å²) in [5.41, 5.74) is 2.92. The molecule has 28 heavy (non-hydrogen) atoms. The molecule has 3 heterocycles. The summed E-state index contributed by atoms with van der Waals surface area (Å²) in [4.78, 5) is 4.28. The van der Waals surface area contributed by atoms with Crippen LogP contribution < -0.4 is 10.6 Å². The highest BCUT2D eigenvalue weighted by molar-refractivity contribution is 14.0. The number of aromatic nitrogens is 3. The number of aryl methyl sites for hydroxylation is 1. The van der Waals surface area contributed by atoms with Crippen LogP contribution in [0.5, 0.6) is 0 Å². The number of hydrogen-bond donors (Lipinski definition) is 2. The number of nitrogens with one attached hydrogen (secondary N) is 2. The van der Waals surface area contributed by atoms with E-state index >= 15 is 0 Å². The van der Waals surface area contributed by atoms with Crippen LogP contribution in [0.15, 0.2) is 58.1 Å². The van der Waals surface area contributed by atoms with Crippen molar-refractivity contribution in [2.24, 2.45) is 4.99 Å². The highest BCUT2D eigenvalue weighted by Crippen LogP contribution is 2.24. The summed E-state index contributed by atoms with van der Waals surface area (Å²) in [5, 5.41) is 16.2. The van der Waals surface area contributed by atoms with Gasteiger partial charge < -0.3 is 15.1 Å². The normalized spacial score (nSPS) is 11.6. The van der Waals surface area contributed by atoms with Crippen LogP contribution in [-0.2, 0) is 13.0 Å². The molecule has 8 heteroatoms. The second kappa shape index (κ2) is 9.05. The smallest absolute Gasteiger partial charge is 0.191 e. The fourth-order valence-corrected chi connectivity index (χ4v) is 3.13. The first-order valence-electron chi connectivity index (χ1n) is 8.96. The van der Waals surface area contributed by atoms with Crippen molar-refractivity contribution in [3.63, 3.8) is 0 Å². The first-order valence-corrected chi connectivity index (χ1v) is 8.96. The Morgan fingerprint density at radius 2 is 1.93 bits per heavy atom. The molecule has 4 aromatic rings. The Balaban J connectivity index is 0.00000225. The topological polar surface area (TPSA) is 79.8 Å². The van der Waals surface area contributed by atoms with Gasteiger partial charge in [0.25, 0.3) is 0 Å². The largest absolute Gasteiger partial charge is 0.459 e. The molecule has 0 aliphatic rings. The Labute approximate surface area is 180 Å². The standard InChI is InChI=1S/C20H22N6O.HI/c1-14-15-7-3-4-8-16(15)27-17(14)13-23-20(21-2)22-11-10-19-25-24-18-9-5-6-12-26(18)19;/h3-9,12H,10-11,13H2,1-2H3,(H2,21,22,23);1H. The molecule has 0 aliphatic heterocycles. The predicted molar refractivity (Wildman–Crippen MR) is 121 cm³/mol. The number of benzene rings is 1. The lowest BCUT2D eigenvalue weighted by molar-refractivity contribution is 0.534. The molecule has 0 saturated carbocycles. The molecule has 0 saturated heterocycles. The fourth-order valence-electron chi connectivity index (χ4n) is 3.13. The molecule has 0 fully saturated rings. The van der Waals surface area contributed by atoms with Crippen molar-refractivity contribution < 1.29 is 4.42 Å². The number of halogens is 1. The summed E-state index contributed by atoms with van der Waals surface area (Å²) in [7, 11) is 1.76. The highest BCUT2D eigenvalue weighted by atomic mass is 127. The predicted octanol–water partition coefficient (Wildman–Crippen LogP) is 3.31. The van der Waals surface area contributed by atoms with Gasteiger partial charge in [-0.15, -0.1) is 34.2 Å². The van der Waals surface area contributed by atoms with E-state index in [0.29, 0.717) is 13.1 Å². The second-order valence-corrected chi connectivity index (χ2v) is 6.29. The molecular weight excluding hydrogens is 467 g/mol. The van der Waals surface area contributed by atoms with Gasteiger partial charge in [0, 0.05) is 37.2 Å². The van der Waals surface area contributed by atoms with Crippen molar-refractivity contribution in [2.75, 3.05) is 13.6 Å². The molecule has 0 radical (unpaired) electrons. The van der Waals surface area contributed by atoms with E-state index in [9.17, 15) is 0 Å². The molecule has 0 spiro atoms. The number of pyridine rings is 1. The van der Waals surface area contributed by atoms with Crippen LogP contribution >= 0.6 is 24.0 Å². The number of hydrogen-bond acceptors (Lipinski definition) is 4. The maximum absolute atomic E-state index is 5.94. The van der Waals surface area contributed by atoms with E-state index in [1.165, 1.54) is 0 Å². The van der Waals surface area contributed by atoms with E-state index in [1.54, 1.807) is 7.05 Å². The highest BCUT2D eigenvalue weighted by Gasteiger charge is 2.10. The van der Waals surface area contributed by atoms with E-state index in [-0.39, 0.29) is 24.0 Å². The maximum Gasteiger partial charge on any atom is 0.191 e. The Bertz CT molecular complexity index is 1100. The third-order valence-corrected chi connectivity index (χ3v) is 4.61. The van der Waals surface area contributed by atoms with Gasteiger partial charge in [0.15, 0.2) is 11.6 Å². The van der Waals surface area contributed by atoms with E-state index in [0.717, 1.165) is 46.1 Å². The number of nitrogens with zero attached hydrogens (tertiary/aromatic N) is 4. The Kier molecular flexibility index (Phi) is 6.50. The molecule has 0 amide bonds.